The number of aromatic nitrogens is 3. The van der Waals surface area contributed by atoms with Gasteiger partial charge < -0.3 is 19.9 Å². The first-order valence-corrected chi connectivity index (χ1v) is 12.3. The van der Waals surface area contributed by atoms with E-state index in [9.17, 15) is 9.18 Å². The third kappa shape index (κ3) is 3.94. The van der Waals surface area contributed by atoms with E-state index in [0.29, 0.717) is 5.56 Å². The Labute approximate surface area is 198 Å². The molecule has 1 amide bonds. The number of nitrogens with one attached hydrogen (secondary N) is 2. The number of halogens is 1. The van der Waals surface area contributed by atoms with E-state index in [1.807, 2.05) is 35.9 Å². The van der Waals surface area contributed by atoms with Crippen LogP contribution in [0, 0.1) is 5.41 Å². The van der Waals surface area contributed by atoms with Crippen molar-refractivity contribution >= 4 is 17.2 Å². The highest BCUT2D eigenvalue weighted by atomic mass is 19.1. The largest absolute Gasteiger partial charge is 0.370 e. The summed E-state index contributed by atoms with van der Waals surface area (Å²) < 4.78 is 15.7. The van der Waals surface area contributed by atoms with Crippen molar-refractivity contribution in [1.82, 2.24) is 25.0 Å². The summed E-state index contributed by atoms with van der Waals surface area (Å²) >= 11 is 0. The molecule has 3 saturated carbocycles. The van der Waals surface area contributed by atoms with Gasteiger partial charge in [0, 0.05) is 44.8 Å². The molecule has 2 N–H and O–H groups in total. The molecule has 0 radical (unpaired) electrons. The Balaban J connectivity index is 1.08. The summed E-state index contributed by atoms with van der Waals surface area (Å²) in [5.41, 5.74) is 3.74. The number of alkyl halides is 1. The molecular weight excluding hydrogens is 431 g/mol. The second-order valence-corrected chi connectivity index (χ2v) is 10.6. The van der Waals surface area contributed by atoms with Crippen LogP contribution in [0.15, 0.2) is 43.0 Å². The predicted molar refractivity (Wildman–Crippen MR) is 129 cm³/mol. The van der Waals surface area contributed by atoms with Crippen LogP contribution in [0.1, 0.15) is 66.7 Å². The molecule has 8 heteroatoms. The molecule has 4 fully saturated rings. The van der Waals surface area contributed by atoms with Crippen molar-refractivity contribution in [3.8, 4) is 0 Å². The molecule has 1 atom stereocenters. The Kier molecular flexibility index (Phi) is 5.09. The highest BCUT2D eigenvalue weighted by Gasteiger charge is 2.68. The monoisotopic (exact) mass is 462 g/mol. The van der Waals surface area contributed by atoms with Crippen LogP contribution in [0.4, 0.5) is 10.1 Å². The van der Waals surface area contributed by atoms with Gasteiger partial charge >= 0.3 is 0 Å². The maximum Gasteiger partial charge on any atom is 0.253 e. The number of imidazole rings is 1. The molecule has 1 unspecified atom stereocenters. The number of pyridine rings is 2. The predicted octanol–water partition coefficient (Wildman–Crippen LogP) is 3.80. The van der Waals surface area contributed by atoms with Gasteiger partial charge in [-0.05, 0) is 62.1 Å². The second-order valence-electron chi connectivity index (χ2n) is 10.6. The third-order valence-corrected chi connectivity index (χ3v) is 7.68. The molecule has 4 aliphatic rings. The van der Waals surface area contributed by atoms with Crippen LogP contribution in [0.2, 0.25) is 0 Å². The van der Waals surface area contributed by atoms with Gasteiger partial charge in [-0.2, -0.15) is 0 Å². The van der Waals surface area contributed by atoms with Gasteiger partial charge in [-0.1, -0.05) is 6.07 Å². The molecule has 178 valence electrons. The Morgan fingerprint density at radius 1 is 1.18 bits per heavy atom. The molecule has 7 nitrogen and oxygen atoms in total. The molecular formula is C26H31FN6O. The number of amides is 1. The SMILES string of the molecule is CC(NC(=O)c1cncc(N2CCCC2)c1)c1cn2cc(CNCC34CC(F)(C3)C4)ccc2n1. The van der Waals surface area contributed by atoms with Gasteiger partial charge in [0.15, 0.2) is 0 Å². The molecule has 3 aromatic rings. The van der Waals surface area contributed by atoms with E-state index in [1.54, 1.807) is 6.20 Å². The first kappa shape index (κ1) is 21.5. The van der Waals surface area contributed by atoms with Crippen LogP contribution < -0.4 is 15.5 Å². The molecule has 0 spiro atoms. The van der Waals surface area contributed by atoms with Crippen molar-refractivity contribution in [3.63, 3.8) is 0 Å². The minimum Gasteiger partial charge on any atom is -0.370 e. The fourth-order valence-electron chi connectivity index (χ4n) is 5.95. The zero-order valence-electron chi connectivity index (χ0n) is 19.6. The maximum absolute atomic E-state index is 13.7. The smallest absolute Gasteiger partial charge is 0.253 e. The summed E-state index contributed by atoms with van der Waals surface area (Å²) in [6, 6.07) is 5.75. The normalized spacial score (nSPS) is 26.2. The van der Waals surface area contributed by atoms with Crippen molar-refractivity contribution in [2.75, 3.05) is 24.5 Å². The lowest BCUT2D eigenvalue weighted by Crippen LogP contribution is -2.67. The quantitative estimate of drug-likeness (QED) is 0.533. The maximum atomic E-state index is 13.7. The summed E-state index contributed by atoms with van der Waals surface area (Å²) in [6.45, 7) is 5.60. The molecule has 3 aliphatic carbocycles. The van der Waals surface area contributed by atoms with E-state index < -0.39 is 5.67 Å². The van der Waals surface area contributed by atoms with Crippen molar-refractivity contribution in [3.05, 3.63) is 59.8 Å². The van der Waals surface area contributed by atoms with E-state index in [0.717, 1.165) is 68.0 Å². The molecule has 1 aliphatic heterocycles. The van der Waals surface area contributed by atoms with Crippen molar-refractivity contribution < 1.29 is 9.18 Å². The highest BCUT2D eigenvalue weighted by Crippen LogP contribution is 2.69. The first-order chi connectivity index (χ1) is 16.4. The van der Waals surface area contributed by atoms with Crippen LogP contribution in [0.3, 0.4) is 0 Å². The molecule has 7 rings (SSSR count). The van der Waals surface area contributed by atoms with Crippen LogP contribution in [-0.4, -0.2) is 45.6 Å². The zero-order chi connectivity index (χ0) is 23.3. The van der Waals surface area contributed by atoms with Gasteiger partial charge in [0.1, 0.15) is 11.3 Å². The number of carbonyl (C=O) groups is 1. The minimum absolute atomic E-state index is 0.147. The van der Waals surface area contributed by atoms with Crippen LogP contribution >= 0.6 is 0 Å². The van der Waals surface area contributed by atoms with Crippen LogP contribution in [-0.2, 0) is 6.54 Å². The average molecular weight is 463 g/mol. The molecule has 2 bridgehead atoms. The van der Waals surface area contributed by atoms with E-state index in [-0.39, 0.29) is 17.4 Å². The molecule has 1 saturated heterocycles. The number of hydrogen-bond donors (Lipinski definition) is 2. The lowest BCUT2D eigenvalue weighted by Gasteiger charge is -2.66. The fraction of sp³-hybridized carbons (Fsp3) is 0.500. The van der Waals surface area contributed by atoms with Crippen molar-refractivity contribution in [2.24, 2.45) is 5.41 Å². The van der Waals surface area contributed by atoms with Crippen molar-refractivity contribution in [1.29, 1.82) is 0 Å². The van der Waals surface area contributed by atoms with E-state index in [2.05, 4.69) is 32.8 Å². The molecule has 3 aromatic heterocycles. The third-order valence-electron chi connectivity index (χ3n) is 7.68. The molecule has 34 heavy (non-hydrogen) atoms. The molecule has 0 aromatic carbocycles. The number of carbonyl (C=O) groups excluding carboxylic acids is 1. The Bertz CT molecular complexity index is 1210. The van der Waals surface area contributed by atoms with Gasteiger partial charge in [0.25, 0.3) is 5.91 Å². The van der Waals surface area contributed by atoms with Gasteiger partial charge in [-0.3, -0.25) is 9.78 Å². The summed E-state index contributed by atoms with van der Waals surface area (Å²) in [7, 11) is 0. The summed E-state index contributed by atoms with van der Waals surface area (Å²) in [5, 5.41) is 6.56. The van der Waals surface area contributed by atoms with E-state index >= 15 is 0 Å². The topological polar surface area (TPSA) is 74.6 Å². The highest BCUT2D eigenvalue weighted by molar-refractivity contribution is 5.95. The lowest BCUT2D eigenvalue weighted by molar-refractivity contribution is -0.209. The summed E-state index contributed by atoms with van der Waals surface area (Å²) in [4.78, 5) is 24.1. The van der Waals surface area contributed by atoms with Gasteiger partial charge in [0.2, 0.25) is 0 Å². The molecule has 4 heterocycles. The standard InChI is InChI=1S/C26H31FN6O/c1-18(30-24(34)20-8-21(11-28-10-20)32-6-2-3-7-32)22-13-33-12-19(4-5-23(33)31-22)9-29-17-25-14-26(27,15-25)16-25/h4-5,8,10-13,18,29H,2-3,6-7,9,14-17H2,1H3,(H,30,34). The van der Waals surface area contributed by atoms with Crippen molar-refractivity contribution in [2.45, 2.75) is 57.3 Å². The Morgan fingerprint density at radius 3 is 2.74 bits per heavy atom. The van der Waals surface area contributed by atoms with Gasteiger partial charge in [0.05, 0.1) is 29.2 Å². The van der Waals surface area contributed by atoms with E-state index in [4.69, 9.17) is 4.98 Å². The average Bonchev–Trinajstić information content (AvgIpc) is 3.47. The summed E-state index contributed by atoms with van der Waals surface area (Å²) in [5.74, 6) is -0.147. The minimum atomic E-state index is -0.840. The van der Waals surface area contributed by atoms with E-state index in [1.165, 1.54) is 12.8 Å². The first-order valence-electron chi connectivity index (χ1n) is 12.3. The fourth-order valence-corrected chi connectivity index (χ4v) is 5.95. The summed E-state index contributed by atoms with van der Waals surface area (Å²) in [6.07, 6.45) is 12.0. The number of nitrogens with zero attached hydrogens (tertiary/aromatic N) is 4. The number of hydrogen-bond acceptors (Lipinski definition) is 5. The number of anilines is 1. The van der Waals surface area contributed by atoms with Crippen LogP contribution in [0.5, 0.6) is 0 Å². The van der Waals surface area contributed by atoms with Crippen LogP contribution in [0.25, 0.3) is 5.65 Å². The second kappa shape index (κ2) is 8.05. The Morgan fingerprint density at radius 2 is 1.97 bits per heavy atom. The van der Waals surface area contributed by atoms with Gasteiger partial charge in [-0.25, -0.2) is 9.37 Å². The van der Waals surface area contributed by atoms with Gasteiger partial charge in [-0.15, -0.1) is 0 Å². The zero-order valence-corrected chi connectivity index (χ0v) is 19.6. The number of fused-ring (bicyclic) bond motifs is 1. The number of rotatable bonds is 8. The Hall–Kier alpha value is -3.00. The lowest BCUT2D eigenvalue weighted by atomic mass is 9.42.